The molecule has 0 radical (unpaired) electrons. The molecule has 5 heteroatoms. The molecule has 0 saturated carbocycles. The third-order valence-corrected chi connectivity index (χ3v) is 3.73. The number of carbonyl (C=O) groups is 1. The van der Waals surface area contributed by atoms with Crippen molar-refractivity contribution in [1.29, 1.82) is 0 Å². The van der Waals surface area contributed by atoms with Gasteiger partial charge in [0, 0.05) is 13.1 Å². The van der Waals surface area contributed by atoms with Gasteiger partial charge < -0.3 is 19.8 Å². The Morgan fingerprint density at radius 3 is 2.55 bits per heavy atom. The molecule has 0 aliphatic carbocycles. The third kappa shape index (κ3) is 3.95. The molecule has 1 fully saturated rings. The Hall–Kier alpha value is -1.59. The Labute approximate surface area is 118 Å². The van der Waals surface area contributed by atoms with E-state index in [1.54, 1.807) is 4.90 Å². The highest BCUT2D eigenvalue weighted by Gasteiger charge is 2.27. The minimum absolute atomic E-state index is 0.0678. The Morgan fingerprint density at radius 1 is 1.30 bits per heavy atom. The topological polar surface area (TPSA) is 70.0 Å². The van der Waals surface area contributed by atoms with Crippen molar-refractivity contribution in [2.45, 2.75) is 25.6 Å². The van der Waals surface area contributed by atoms with Gasteiger partial charge in [-0.2, -0.15) is 0 Å². The molecule has 0 bridgehead atoms. The number of ether oxygens (including phenoxy) is 1. The largest absolute Gasteiger partial charge is 0.445 e. The summed E-state index contributed by atoms with van der Waals surface area (Å²) < 4.78 is 5.26. The zero-order valence-corrected chi connectivity index (χ0v) is 11.4. The quantitative estimate of drug-likeness (QED) is 0.874. The fraction of sp³-hybridized carbons (Fsp3) is 0.533. The average molecular weight is 279 g/mol. The first-order chi connectivity index (χ1) is 9.70. The van der Waals surface area contributed by atoms with Crippen LogP contribution in [-0.4, -0.2) is 47.0 Å². The van der Waals surface area contributed by atoms with Gasteiger partial charge in [0.1, 0.15) is 6.61 Å². The summed E-state index contributed by atoms with van der Waals surface area (Å²) in [6.07, 6.45) is 0.396. The second kappa shape index (κ2) is 7.26. The number of aliphatic hydroxyl groups is 2. The number of nitrogens with zero attached hydrogens (tertiary/aromatic N) is 1. The summed E-state index contributed by atoms with van der Waals surface area (Å²) in [7, 11) is 0. The number of aliphatic hydroxyl groups excluding tert-OH is 2. The van der Waals surface area contributed by atoms with Crippen LogP contribution >= 0.6 is 0 Å². The van der Waals surface area contributed by atoms with Gasteiger partial charge in [0.25, 0.3) is 0 Å². The predicted octanol–water partition coefficient (Wildman–Crippen LogP) is 1.39. The van der Waals surface area contributed by atoms with E-state index in [0.29, 0.717) is 25.9 Å². The first-order valence-electron chi connectivity index (χ1n) is 6.95. The molecule has 1 aromatic carbocycles. The van der Waals surface area contributed by atoms with E-state index in [4.69, 9.17) is 9.84 Å². The van der Waals surface area contributed by atoms with Crippen LogP contribution in [0.3, 0.4) is 0 Å². The lowest BCUT2D eigenvalue weighted by Crippen LogP contribution is -2.42. The van der Waals surface area contributed by atoms with E-state index in [2.05, 4.69) is 0 Å². The first-order valence-corrected chi connectivity index (χ1v) is 6.95. The molecule has 2 rings (SSSR count). The smallest absolute Gasteiger partial charge is 0.410 e. The molecule has 110 valence electrons. The van der Waals surface area contributed by atoms with Crippen molar-refractivity contribution in [3.8, 4) is 0 Å². The van der Waals surface area contributed by atoms with Crippen LogP contribution in [-0.2, 0) is 11.3 Å². The molecule has 20 heavy (non-hydrogen) atoms. The number of hydrogen-bond acceptors (Lipinski definition) is 4. The molecule has 1 saturated heterocycles. The predicted molar refractivity (Wildman–Crippen MR) is 74.0 cm³/mol. The van der Waals surface area contributed by atoms with E-state index in [0.717, 1.165) is 5.56 Å². The highest BCUT2D eigenvalue weighted by Crippen LogP contribution is 2.21. The van der Waals surface area contributed by atoms with Crippen LogP contribution in [0.2, 0.25) is 0 Å². The number of rotatable bonds is 4. The SMILES string of the molecule is O=C(OCc1ccccc1)N1CCC(C(O)CO)CC1. The lowest BCUT2D eigenvalue weighted by atomic mass is 9.92. The van der Waals surface area contributed by atoms with Gasteiger partial charge in [-0.3, -0.25) is 0 Å². The van der Waals surface area contributed by atoms with Gasteiger partial charge >= 0.3 is 6.09 Å². The summed E-state index contributed by atoms with van der Waals surface area (Å²) in [5, 5.41) is 18.5. The molecule has 0 spiro atoms. The summed E-state index contributed by atoms with van der Waals surface area (Å²) >= 11 is 0. The van der Waals surface area contributed by atoms with Crippen molar-refractivity contribution in [2.24, 2.45) is 5.92 Å². The minimum Gasteiger partial charge on any atom is -0.445 e. The number of carbonyl (C=O) groups excluding carboxylic acids is 1. The van der Waals surface area contributed by atoms with Crippen molar-refractivity contribution < 1.29 is 19.7 Å². The Balaban J connectivity index is 1.75. The van der Waals surface area contributed by atoms with Gasteiger partial charge in [0.05, 0.1) is 12.7 Å². The fourth-order valence-corrected chi connectivity index (χ4v) is 2.43. The molecule has 5 nitrogen and oxygen atoms in total. The van der Waals surface area contributed by atoms with E-state index in [1.807, 2.05) is 30.3 Å². The summed E-state index contributed by atoms with van der Waals surface area (Å²) in [6, 6.07) is 9.56. The molecule has 1 atom stereocenters. The van der Waals surface area contributed by atoms with Crippen molar-refractivity contribution in [3.05, 3.63) is 35.9 Å². The van der Waals surface area contributed by atoms with Crippen LogP contribution in [0.25, 0.3) is 0 Å². The van der Waals surface area contributed by atoms with Gasteiger partial charge in [0.15, 0.2) is 0 Å². The Morgan fingerprint density at radius 2 is 1.95 bits per heavy atom. The molecule has 1 aliphatic heterocycles. The van der Waals surface area contributed by atoms with Crippen molar-refractivity contribution in [2.75, 3.05) is 19.7 Å². The fourth-order valence-electron chi connectivity index (χ4n) is 2.43. The summed E-state index contributed by atoms with van der Waals surface area (Å²) in [5.74, 6) is 0.0678. The standard InChI is InChI=1S/C15H21NO4/c17-10-14(18)13-6-8-16(9-7-13)15(19)20-11-12-4-2-1-3-5-12/h1-5,13-14,17-18H,6-11H2. The number of piperidine rings is 1. The van der Waals surface area contributed by atoms with E-state index in [9.17, 15) is 9.90 Å². The lowest BCUT2D eigenvalue weighted by Gasteiger charge is -2.33. The first kappa shape index (κ1) is 14.8. The van der Waals surface area contributed by atoms with Gasteiger partial charge in [-0.1, -0.05) is 30.3 Å². The Kier molecular flexibility index (Phi) is 5.38. The molecular weight excluding hydrogens is 258 g/mol. The number of benzene rings is 1. The van der Waals surface area contributed by atoms with Crippen LogP contribution in [0.5, 0.6) is 0 Å². The van der Waals surface area contributed by atoms with Crippen molar-refractivity contribution in [1.82, 2.24) is 4.90 Å². The van der Waals surface area contributed by atoms with Crippen LogP contribution in [0, 0.1) is 5.92 Å². The van der Waals surface area contributed by atoms with Gasteiger partial charge in [0.2, 0.25) is 0 Å². The van der Waals surface area contributed by atoms with E-state index in [-0.39, 0.29) is 25.2 Å². The zero-order valence-electron chi connectivity index (χ0n) is 11.4. The van der Waals surface area contributed by atoms with Crippen LogP contribution in [0.4, 0.5) is 4.79 Å². The highest BCUT2D eigenvalue weighted by molar-refractivity contribution is 5.67. The summed E-state index contributed by atoms with van der Waals surface area (Å²) in [4.78, 5) is 13.6. The molecule has 1 aliphatic rings. The Bertz CT molecular complexity index is 415. The minimum atomic E-state index is -0.683. The van der Waals surface area contributed by atoms with Crippen molar-refractivity contribution in [3.63, 3.8) is 0 Å². The average Bonchev–Trinajstić information content (AvgIpc) is 2.53. The van der Waals surface area contributed by atoms with Crippen molar-refractivity contribution >= 4 is 6.09 Å². The molecule has 1 aromatic rings. The maximum atomic E-state index is 11.9. The van der Waals surface area contributed by atoms with Gasteiger partial charge in [-0.05, 0) is 24.3 Å². The second-order valence-corrected chi connectivity index (χ2v) is 5.11. The summed E-state index contributed by atoms with van der Waals surface area (Å²) in [6.45, 7) is 1.19. The normalized spacial score (nSPS) is 17.8. The van der Waals surface area contributed by atoms with Gasteiger partial charge in [-0.15, -0.1) is 0 Å². The maximum absolute atomic E-state index is 11.9. The van der Waals surface area contributed by atoms with E-state index < -0.39 is 6.10 Å². The lowest BCUT2D eigenvalue weighted by molar-refractivity contribution is 0.0152. The molecule has 2 N–H and O–H groups in total. The number of likely N-dealkylation sites (tertiary alicyclic amines) is 1. The van der Waals surface area contributed by atoms with Crippen LogP contribution in [0.1, 0.15) is 18.4 Å². The maximum Gasteiger partial charge on any atom is 0.410 e. The molecule has 1 amide bonds. The molecular formula is C15H21NO4. The third-order valence-electron chi connectivity index (χ3n) is 3.73. The van der Waals surface area contributed by atoms with Gasteiger partial charge in [-0.25, -0.2) is 4.79 Å². The number of hydrogen-bond donors (Lipinski definition) is 2. The van der Waals surface area contributed by atoms with Crippen LogP contribution in [0.15, 0.2) is 30.3 Å². The highest BCUT2D eigenvalue weighted by atomic mass is 16.6. The van der Waals surface area contributed by atoms with E-state index >= 15 is 0 Å². The summed E-state index contributed by atoms with van der Waals surface area (Å²) in [5.41, 5.74) is 0.964. The monoisotopic (exact) mass is 279 g/mol. The zero-order chi connectivity index (χ0) is 14.4. The second-order valence-electron chi connectivity index (χ2n) is 5.11. The van der Waals surface area contributed by atoms with E-state index in [1.165, 1.54) is 0 Å². The molecule has 0 aromatic heterocycles. The molecule has 1 unspecified atom stereocenters. The molecule has 1 heterocycles. The number of amides is 1. The van der Waals surface area contributed by atoms with Crippen LogP contribution < -0.4 is 0 Å².